The number of hydrogen-bond acceptors (Lipinski definition) is 5. The molecule has 1 N–H and O–H groups in total. The Kier molecular flexibility index (Phi) is 5.53. The molecule has 0 aromatic carbocycles. The van der Waals surface area contributed by atoms with Crippen LogP contribution in [-0.2, 0) is 13.6 Å². The van der Waals surface area contributed by atoms with E-state index in [2.05, 4.69) is 20.3 Å². The van der Waals surface area contributed by atoms with E-state index in [0.717, 1.165) is 31.9 Å². The second kappa shape index (κ2) is 7.82. The lowest BCUT2D eigenvalue weighted by atomic mass is 10.0. The first-order chi connectivity index (χ1) is 12.1. The Morgan fingerprint density at radius 2 is 2.16 bits per heavy atom. The van der Waals surface area contributed by atoms with Crippen molar-refractivity contribution in [3.8, 4) is 0 Å². The van der Waals surface area contributed by atoms with Crippen molar-refractivity contribution in [2.45, 2.75) is 51.7 Å². The van der Waals surface area contributed by atoms with Gasteiger partial charge in [0.2, 0.25) is 0 Å². The molecule has 0 aliphatic carbocycles. The summed E-state index contributed by atoms with van der Waals surface area (Å²) in [5, 5.41) is 8.15. The fourth-order valence-electron chi connectivity index (χ4n) is 3.37. The second-order valence-corrected chi connectivity index (χ2v) is 7.04. The summed E-state index contributed by atoms with van der Waals surface area (Å²) in [6.07, 6.45) is 7.26. The van der Waals surface area contributed by atoms with E-state index in [9.17, 15) is 4.79 Å². The summed E-state index contributed by atoms with van der Waals surface area (Å²) >= 11 is 0. The first kappa shape index (κ1) is 17.7. The molecule has 25 heavy (non-hydrogen) atoms. The Balaban J connectivity index is 1.69. The SMILES string of the molecule is CC(C)n1nc(N2CCCCC2CNCc2cncn2C)ccc1=O. The third-order valence-electron chi connectivity index (χ3n) is 4.82. The number of anilines is 1. The summed E-state index contributed by atoms with van der Waals surface area (Å²) in [5.74, 6) is 0.903. The lowest BCUT2D eigenvalue weighted by molar-refractivity contribution is 0.421. The van der Waals surface area contributed by atoms with Gasteiger partial charge in [0.05, 0.1) is 18.1 Å². The van der Waals surface area contributed by atoms with Crippen molar-refractivity contribution in [3.05, 3.63) is 40.7 Å². The highest BCUT2D eigenvalue weighted by Crippen LogP contribution is 2.22. The standard InChI is InChI=1S/C18H28N6O/c1-14(2)24-18(25)8-7-17(21-24)23-9-5-4-6-15(23)10-19-11-16-12-20-13-22(16)3/h7-8,12-15,19H,4-6,9-11H2,1-3H3. The quantitative estimate of drug-likeness (QED) is 0.864. The van der Waals surface area contributed by atoms with Crippen LogP contribution in [0.15, 0.2) is 29.5 Å². The van der Waals surface area contributed by atoms with Gasteiger partial charge in [-0.15, -0.1) is 0 Å². The molecule has 1 aliphatic heterocycles. The molecule has 7 nitrogen and oxygen atoms in total. The van der Waals surface area contributed by atoms with Gasteiger partial charge in [0.15, 0.2) is 0 Å². The highest BCUT2D eigenvalue weighted by atomic mass is 16.1. The molecule has 0 saturated carbocycles. The fraction of sp³-hybridized carbons (Fsp3) is 0.611. The van der Waals surface area contributed by atoms with Gasteiger partial charge in [-0.1, -0.05) is 0 Å². The monoisotopic (exact) mass is 344 g/mol. The number of rotatable bonds is 6. The summed E-state index contributed by atoms with van der Waals surface area (Å²) in [6, 6.07) is 3.96. The van der Waals surface area contributed by atoms with E-state index in [1.54, 1.807) is 10.7 Å². The number of aryl methyl sites for hydroxylation is 1. The van der Waals surface area contributed by atoms with Gasteiger partial charge in [-0.3, -0.25) is 4.79 Å². The molecule has 0 radical (unpaired) electrons. The minimum absolute atomic E-state index is 0.0401. The van der Waals surface area contributed by atoms with E-state index >= 15 is 0 Å². The number of aromatic nitrogens is 4. The van der Waals surface area contributed by atoms with Crippen LogP contribution >= 0.6 is 0 Å². The summed E-state index contributed by atoms with van der Waals surface area (Å²) in [5.41, 5.74) is 1.13. The maximum atomic E-state index is 12.0. The Morgan fingerprint density at radius 1 is 1.32 bits per heavy atom. The van der Waals surface area contributed by atoms with Crippen LogP contribution in [0.1, 0.15) is 44.8 Å². The van der Waals surface area contributed by atoms with E-state index in [1.807, 2.05) is 44.1 Å². The lowest BCUT2D eigenvalue weighted by Gasteiger charge is -2.37. The Bertz CT molecular complexity index is 750. The number of imidazole rings is 1. The molecule has 1 fully saturated rings. The summed E-state index contributed by atoms with van der Waals surface area (Å²) in [6.45, 7) is 6.66. The minimum atomic E-state index is -0.0401. The lowest BCUT2D eigenvalue weighted by Crippen LogP contribution is -2.46. The van der Waals surface area contributed by atoms with Gasteiger partial charge in [-0.25, -0.2) is 9.67 Å². The molecule has 7 heteroatoms. The normalized spacial score (nSPS) is 18.1. The zero-order valence-electron chi connectivity index (χ0n) is 15.4. The van der Waals surface area contributed by atoms with Crippen molar-refractivity contribution in [3.63, 3.8) is 0 Å². The van der Waals surface area contributed by atoms with Crippen molar-refractivity contribution in [1.29, 1.82) is 0 Å². The summed E-state index contributed by atoms with van der Waals surface area (Å²) < 4.78 is 3.61. The van der Waals surface area contributed by atoms with Gasteiger partial charge in [0.25, 0.3) is 5.56 Å². The number of nitrogens with zero attached hydrogens (tertiary/aromatic N) is 5. The largest absolute Gasteiger partial charge is 0.351 e. The van der Waals surface area contributed by atoms with Crippen molar-refractivity contribution in [1.82, 2.24) is 24.6 Å². The van der Waals surface area contributed by atoms with Crippen LogP contribution in [-0.4, -0.2) is 38.5 Å². The Labute approximate surface area is 148 Å². The molecule has 0 amide bonds. The first-order valence-corrected chi connectivity index (χ1v) is 9.08. The minimum Gasteiger partial charge on any atom is -0.351 e. The average Bonchev–Trinajstić information content (AvgIpc) is 3.01. The number of piperidine rings is 1. The van der Waals surface area contributed by atoms with Gasteiger partial charge in [0, 0.05) is 45.0 Å². The first-order valence-electron chi connectivity index (χ1n) is 9.08. The smallest absolute Gasteiger partial charge is 0.267 e. The third-order valence-corrected chi connectivity index (χ3v) is 4.82. The highest BCUT2D eigenvalue weighted by Gasteiger charge is 2.24. The van der Waals surface area contributed by atoms with E-state index in [-0.39, 0.29) is 11.6 Å². The van der Waals surface area contributed by atoms with Gasteiger partial charge in [-0.2, -0.15) is 5.10 Å². The molecule has 1 aliphatic rings. The van der Waals surface area contributed by atoms with Gasteiger partial charge >= 0.3 is 0 Å². The van der Waals surface area contributed by atoms with Crippen LogP contribution in [0.4, 0.5) is 5.82 Å². The highest BCUT2D eigenvalue weighted by molar-refractivity contribution is 5.39. The maximum absolute atomic E-state index is 12.0. The third kappa shape index (κ3) is 4.10. The molecule has 2 aromatic rings. The van der Waals surface area contributed by atoms with Crippen LogP contribution in [0.25, 0.3) is 0 Å². The molecule has 136 valence electrons. The van der Waals surface area contributed by atoms with E-state index in [0.29, 0.717) is 6.04 Å². The van der Waals surface area contributed by atoms with Crippen LogP contribution in [0.5, 0.6) is 0 Å². The molecular weight excluding hydrogens is 316 g/mol. The molecular formula is C18H28N6O. The molecule has 3 rings (SSSR count). The molecule has 3 heterocycles. The van der Waals surface area contributed by atoms with Crippen LogP contribution < -0.4 is 15.8 Å². The molecule has 2 aromatic heterocycles. The average molecular weight is 344 g/mol. The zero-order chi connectivity index (χ0) is 17.8. The van der Waals surface area contributed by atoms with E-state index < -0.39 is 0 Å². The predicted molar refractivity (Wildman–Crippen MR) is 98.8 cm³/mol. The fourth-order valence-corrected chi connectivity index (χ4v) is 3.37. The number of hydrogen-bond donors (Lipinski definition) is 1. The molecule has 0 spiro atoms. The Morgan fingerprint density at radius 3 is 2.88 bits per heavy atom. The molecule has 1 atom stereocenters. The van der Waals surface area contributed by atoms with Gasteiger partial charge < -0.3 is 14.8 Å². The van der Waals surface area contributed by atoms with Crippen molar-refractivity contribution < 1.29 is 0 Å². The predicted octanol–water partition coefficient (Wildman–Crippen LogP) is 1.71. The zero-order valence-corrected chi connectivity index (χ0v) is 15.4. The van der Waals surface area contributed by atoms with Crippen LogP contribution in [0.3, 0.4) is 0 Å². The summed E-state index contributed by atoms with van der Waals surface area (Å²) in [7, 11) is 2.01. The van der Waals surface area contributed by atoms with Crippen LogP contribution in [0.2, 0.25) is 0 Å². The topological polar surface area (TPSA) is 68.0 Å². The second-order valence-electron chi connectivity index (χ2n) is 7.04. The molecule has 1 saturated heterocycles. The van der Waals surface area contributed by atoms with Gasteiger partial charge in [0.1, 0.15) is 5.82 Å². The maximum Gasteiger partial charge on any atom is 0.267 e. The van der Waals surface area contributed by atoms with Crippen molar-refractivity contribution in [2.24, 2.45) is 7.05 Å². The van der Waals surface area contributed by atoms with Crippen molar-refractivity contribution in [2.75, 3.05) is 18.0 Å². The van der Waals surface area contributed by atoms with Gasteiger partial charge in [-0.05, 0) is 39.2 Å². The summed E-state index contributed by atoms with van der Waals surface area (Å²) in [4.78, 5) is 18.5. The molecule has 1 unspecified atom stereocenters. The van der Waals surface area contributed by atoms with Crippen molar-refractivity contribution >= 4 is 5.82 Å². The van der Waals surface area contributed by atoms with E-state index in [1.165, 1.54) is 18.5 Å². The number of nitrogens with one attached hydrogen (secondary N) is 1. The van der Waals surface area contributed by atoms with E-state index in [4.69, 9.17) is 0 Å². The van der Waals surface area contributed by atoms with Crippen LogP contribution in [0, 0.1) is 0 Å². The Hall–Kier alpha value is -2.15. The molecule has 0 bridgehead atoms.